The summed E-state index contributed by atoms with van der Waals surface area (Å²) in [6.45, 7) is 1.45. The van der Waals surface area contributed by atoms with Crippen molar-refractivity contribution < 1.29 is 39.1 Å². The van der Waals surface area contributed by atoms with Crippen LogP contribution in [0.25, 0.3) is 0 Å². The summed E-state index contributed by atoms with van der Waals surface area (Å²) < 4.78 is 16.4. The van der Waals surface area contributed by atoms with Crippen LogP contribution >= 0.6 is 0 Å². The number of carbonyl (C=O) groups is 2. The standard InChI is InChI=1S/C23H35NO8/c1-16(26)24-20-22(29)21(28)18(14-25)32-23(20)30-13-9-4-2-3-8-12-19(27)31-15-17-10-6-5-7-11-17/h5-7,10-11,18,20-23,25,28-29H,2-4,8-9,12-15H2,1H3,(H,24,26). The number of aliphatic hydroxyl groups is 3. The van der Waals surface area contributed by atoms with E-state index in [1.165, 1.54) is 6.92 Å². The molecule has 1 amide bonds. The summed E-state index contributed by atoms with van der Waals surface area (Å²) in [5.41, 5.74) is 0.968. The molecule has 1 aromatic carbocycles. The van der Waals surface area contributed by atoms with Crippen molar-refractivity contribution in [2.45, 2.75) is 82.7 Å². The van der Waals surface area contributed by atoms with Crippen molar-refractivity contribution in [2.75, 3.05) is 13.2 Å². The van der Waals surface area contributed by atoms with Crippen LogP contribution in [0.3, 0.4) is 0 Å². The number of nitrogens with one attached hydrogen (secondary N) is 1. The largest absolute Gasteiger partial charge is 0.461 e. The maximum absolute atomic E-state index is 11.8. The highest BCUT2D eigenvalue weighted by atomic mass is 16.7. The monoisotopic (exact) mass is 453 g/mol. The smallest absolute Gasteiger partial charge is 0.306 e. The van der Waals surface area contributed by atoms with E-state index in [-0.39, 0.29) is 11.9 Å². The van der Waals surface area contributed by atoms with Crippen molar-refractivity contribution in [1.29, 1.82) is 0 Å². The number of rotatable bonds is 13. The molecule has 1 fully saturated rings. The van der Waals surface area contributed by atoms with Crippen molar-refractivity contribution in [3.8, 4) is 0 Å². The van der Waals surface area contributed by atoms with Crippen LogP contribution < -0.4 is 5.32 Å². The first-order valence-electron chi connectivity index (χ1n) is 11.1. The normalized spacial score (nSPS) is 25.3. The van der Waals surface area contributed by atoms with Gasteiger partial charge in [0.25, 0.3) is 0 Å². The summed E-state index contributed by atoms with van der Waals surface area (Å²) in [5.74, 6) is -0.585. The number of carbonyl (C=O) groups excluding carboxylic acids is 2. The fourth-order valence-corrected chi connectivity index (χ4v) is 3.52. The second-order valence-corrected chi connectivity index (χ2v) is 7.97. The zero-order valence-corrected chi connectivity index (χ0v) is 18.5. The van der Waals surface area contributed by atoms with E-state index in [0.717, 1.165) is 37.7 Å². The predicted octanol–water partition coefficient (Wildman–Crippen LogP) is 1.03. The van der Waals surface area contributed by atoms with Gasteiger partial charge in [-0.05, 0) is 18.4 Å². The molecule has 0 spiro atoms. The summed E-state index contributed by atoms with van der Waals surface area (Å²) in [5, 5.41) is 32.1. The van der Waals surface area contributed by atoms with Crippen LogP contribution in [-0.4, -0.2) is 71.1 Å². The average Bonchev–Trinajstić information content (AvgIpc) is 2.79. The van der Waals surface area contributed by atoms with Crippen LogP contribution in [0.4, 0.5) is 0 Å². The third kappa shape index (κ3) is 8.84. The highest BCUT2D eigenvalue weighted by Gasteiger charge is 2.45. The molecule has 5 atom stereocenters. The lowest BCUT2D eigenvalue weighted by Gasteiger charge is -2.42. The Morgan fingerprint density at radius 3 is 2.41 bits per heavy atom. The van der Waals surface area contributed by atoms with E-state index in [0.29, 0.717) is 19.6 Å². The molecule has 0 bridgehead atoms. The van der Waals surface area contributed by atoms with E-state index in [1.54, 1.807) is 0 Å². The maximum atomic E-state index is 11.8. The molecule has 9 nitrogen and oxygen atoms in total. The first-order valence-corrected chi connectivity index (χ1v) is 11.1. The zero-order chi connectivity index (χ0) is 23.3. The number of hydrogen-bond acceptors (Lipinski definition) is 8. The summed E-state index contributed by atoms with van der Waals surface area (Å²) in [6, 6.07) is 8.64. The van der Waals surface area contributed by atoms with Gasteiger partial charge in [0, 0.05) is 20.0 Å². The van der Waals surface area contributed by atoms with Crippen LogP contribution in [0, 0.1) is 0 Å². The van der Waals surface area contributed by atoms with Gasteiger partial charge in [-0.25, -0.2) is 0 Å². The summed E-state index contributed by atoms with van der Waals surface area (Å²) in [6.07, 6.45) is -0.00198. The highest BCUT2D eigenvalue weighted by Crippen LogP contribution is 2.22. The van der Waals surface area contributed by atoms with E-state index in [4.69, 9.17) is 14.2 Å². The maximum Gasteiger partial charge on any atom is 0.306 e. The molecule has 2 rings (SSSR count). The third-order valence-electron chi connectivity index (χ3n) is 5.30. The number of esters is 1. The quantitative estimate of drug-likeness (QED) is 0.257. The molecule has 0 radical (unpaired) electrons. The van der Waals surface area contributed by atoms with E-state index in [9.17, 15) is 24.9 Å². The lowest BCUT2D eigenvalue weighted by atomic mass is 9.97. The molecule has 1 aliphatic heterocycles. The summed E-state index contributed by atoms with van der Waals surface area (Å²) in [7, 11) is 0. The van der Waals surface area contributed by atoms with E-state index in [2.05, 4.69) is 5.32 Å². The first kappa shape index (κ1) is 26.2. The van der Waals surface area contributed by atoms with Crippen molar-refractivity contribution in [3.63, 3.8) is 0 Å². The van der Waals surface area contributed by atoms with Gasteiger partial charge in [0.2, 0.25) is 5.91 Å². The van der Waals surface area contributed by atoms with Crippen molar-refractivity contribution in [3.05, 3.63) is 35.9 Å². The van der Waals surface area contributed by atoms with Crippen LogP contribution in [0.15, 0.2) is 30.3 Å². The minimum Gasteiger partial charge on any atom is -0.461 e. The van der Waals surface area contributed by atoms with E-state index in [1.807, 2.05) is 30.3 Å². The Labute approximate surface area is 188 Å². The van der Waals surface area contributed by atoms with Crippen LogP contribution in [-0.2, 0) is 30.4 Å². The predicted molar refractivity (Wildman–Crippen MR) is 115 cm³/mol. The molecule has 5 unspecified atom stereocenters. The number of ether oxygens (including phenoxy) is 3. The molecular formula is C23H35NO8. The third-order valence-corrected chi connectivity index (χ3v) is 5.30. The Kier molecular flexibility index (Phi) is 11.6. The average molecular weight is 454 g/mol. The Morgan fingerprint density at radius 1 is 1.03 bits per heavy atom. The fourth-order valence-electron chi connectivity index (χ4n) is 3.52. The van der Waals surface area contributed by atoms with Crippen molar-refractivity contribution >= 4 is 11.9 Å². The molecule has 1 heterocycles. The van der Waals surface area contributed by atoms with Gasteiger partial charge in [-0.3, -0.25) is 9.59 Å². The Hall–Kier alpha value is -2.04. The molecule has 32 heavy (non-hydrogen) atoms. The minimum atomic E-state index is -1.32. The number of amides is 1. The van der Waals surface area contributed by atoms with Gasteiger partial charge in [0.15, 0.2) is 6.29 Å². The fraction of sp³-hybridized carbons (Fsp3) is 0.652. The van der Waals surface area contributed by atoms with Gasteiger partial charge in [-0.2, -0.15) is 0 Å². The van der Waals surface area contributed by atoms with Crippen molar-refractivity contribution in [2.24, 2.45) is 0 Å². The van der Waals surface area contributed by atoms with E-state index >= 15 is 0 Å². The van der Waals surface area contributed by atoms with Gasteiger partial charge in [-0.15, -0.1) is 0 Å². The lowest BCUT2D eigenvalue weighted by molar-refractivity contribution is -0.270. The molecule has 1 aliphatic rings. The van der Waals surface area contributed by atoms with E-state index < -0.39 is 37.3 Å². The molecule has 180 valence electrons. The van der Waals surface area contributed by atoms with Gasteiger partial charge in [-0.1, -0.05) is 49.6 Å². The minimum absolute atomic E-state index is 0.199. The zero-order valence-electron chi connectivity index (χ0n) is 18.5. The molecule has 4 N–H and O–H groups in total. The van der Waals surface area contributed by atoms with Crippen LogP contribution in [0.2, 0.25) is 0 Å². The van der Waals surface area contributed by atoms with Gasteiger partial charge in [0.1, 0.15) is 31.0 Å². The van der Waals surface area contributed by atoms with Gasteiger partial charge in [0.05, 0.1) is 6.61 Å². The van der Waals surface area contributed by atoms with Crippen LogP contribution in [0.5, 0.6) is 0 Å². The molecule has 0 saturated carbocycles. The number of hydrogen-bond donors (Lipinski definition) is 4. The van der Waals surface area contributed by atoms with Crippen LogP contribution in [0.1, 0.15) is 51.0 Å². The second-order valence-electron chi connectivity index (χ2n) is 7.97. The Morgan fingerprint density at radius 2 is 1.72 bits per heavy atom. The number of aliphatic hydroxyl groups excluding tert-OH is 3. The second kappa shape index (κ2) is 14.2. The number of benzene rings is 1. The molecule has 9 heteroatoms. The molecular weight excluding hydrogens is 418 g/mol. The molecule has 0 aromatic heterocycles. The first-order chi connectivity index (χ1) is 15.4. The molecule has 1 saturated heterocycles. The summed E-state index contributed by atoms with van der Waals surface area (Å²) in [4.78, 5) is 23.2. The number of unbranched alkanes of at least 4 members (excludes halogenated alkanes) is 4. The molecule has 1 aromatic rings. The van der Waals surface area contributed by atoms with Crippen molar-refractivity contribution in [1.82, 2.24) is 5.32 Å². The molecule has 0 aliphatic carbocycles. The van der Waals surface area contributed by atoms with Gasteiger partial charge < -0.3 is 34.8 Å². The summed E-state index contributed by atoms with van der Waals surface area (Å²) >= 11 is 0. The Balaban J connectivity index is 1.57. The van der Waals surface area contributed by atoms with Gasteiger partial charge >= 0.3 is 5.97 Å². The topological polar surface area (TPSA) is 135 Å². The lowest BCUT2D eigenvalue weighted by Crippen LogP contribution is -2.64. The Bertz CT molecular complexity index is 686. The highest BCUT2D eigenvalue weighted by molar-refractivity contribution is 5.73. The SMILES string of the molecule is CC(=O)NC1C(OCCCCCCCC(=O)OCc2ccccc2)OC(CO)C(O)C1O.